The minimum atomic E-state index is -0.385. The van der Waals surface area contributed by atoms with Gasteiger partial charge in [0.05, 0.1) is 29.0 Å². The number of anilines is 1. The Labute approximate surface area is 154 Å². The fourth-order valence-electron chi connectivity index (χ4n) is 2.81. The molecule has 136 valence electrons. The largest absolute Gasteiger partial charge is 0.395 e. The van der Waals surface area contributed by atoms with Gasteiger partial charge in [-0.25, -0.2) is 14.8 Å². The third-order valence-electron chi connectivity index (χ3n) is 4.03. The van der Waals surface area contributed by atoms with Crippen molar-refractivity contribution in [3.8, 4) is 22.8 Å². The summed E-state index contributed by atoms with van der Waals surface area (Å²) in [5, 5.41) is 14.0. The molecule has 0 radical (unpaired) electrons. The number of hydrogen-bond acceptors (Lipinski definition) is 4. The summed E-state index contributed by atoms with van der Waals surface area (Å²) in [6.45, 7) is 0.0767. The van der Waals surface area contributed by atoms with Gasteiger partial charge < -0.3 is 25.7 Å². The van der Waals surface area contributed by atoms with Crippen LogP contribution in [0.3, 0.4) is 0 Å². The highest BCUT2D eigenvalue weighted by molar-refractivity contribution is 5.93. The van der Waals surface area contributed by atoms with Crippen LogP contribution in [0.15, 0.2) is 54.9 Å². The molecule has 8 nitrogen and oxygen atoms in total. The van der Waals surface area contributed by atoms with Crippen LogP contribution in [0.25, 0.3) is 33.8 Å². The summed E-state index contributed by atoms with van der Waals surface area (Å²) in [5.41, 5.74) is 5.17. The van der Waals surface area contributed by atoms with Crippen molar-refractivity contribution >= 4 is 22.8 Å². The van der Waals surface area contributed by atoms with Crippen LogP contribution in [0.2, 0.25) is 0 Å². The number of hydrogen-bond donors (Lipinski definition) is 5. The minimum Gasteiger partial charge on any atom is -0.395 e. The zero-order valence-corrected chi connectivity index (χ0v) is 14.4. The molecule has 5 N–H and O–H groups in total. The molecule has 0 atom stereocenters. The van der Waals surface area contributed by atoms with Crippen LogP contribution in [0.4, 0.5) is 10.5 Å². The summed E-state index contributed by atoms with van der Waals surface area (Å²) >= 11 is 0. The highest BCUT2D eigenvalue weighted by Gasteiger charge is 2.15. The molecular formula is C19H18N6O2. The molecule has 8 heteroatoms. The molecule has 0 unspecified atom stereocenters. The van der Waals surface area contributed by atoms with Gasteiger partial charge in [0.15, 0.2) is 0 Å². The van der Waals surface area contributed by atoms with Crippen LogP contribution >= 0.6 is 0 Å². The van der Waals surface area contributed by atoms with Crippen molar-refractivity contribution in [2.24, 2.45) is 0 Å². The Morgan fingerprint density at radius 1 is 0.963 bits per heavy atom. The lowest BCUT2D eigenvalue weighted by Gasteiger charge is -2.10. The standard InChI is InChI=1S/C19H18N6O2/c26-10-9-22-19(27)23-12-5-6-13-16(11-12)25-18(15-4-2-8-21-15)17(24-13)14-3-1-7-20-14/h1-8,11,20-21,26H,9-10H2,(H2,22,23,27). The van der Waals surface area contributed by atoms with Gasteiger partial charge in [-0.2, -0.15) is 0 Å². The Morgan fingerprint density at radius 3 is 2.22 bits per heavy atom. The number of nitrogens with zero attached hydrogens (tertiary/aromatic N) is 2. The van der Waals surface area contributed by atoms with E-state index < -0.39 is 0 Å². The van der Waals surface area contributed by atoms with Gasteiger partial charge in [-0.1, -0.05) is 0 Å². The predicted molar refractivity (Wildman–Crippen MR) is 103 cm³/mol. The second-order valence-electron chi connectivity index (χ2n) is 5.90. The number of nitrogens with one attached hydrogen (secondary N) is 4. The van der Waals surface area contributed by atoms with E-state index in [1.807, 2.05) is 42.7 Å². The number of carbonyl (C=O) groups excluding carboxylic acids is 1. The van der Waals surface area contributed by atoms with Gasteiger partial charge in [0, 0.05) is 24.6 Å². The average molecular weight is 362 g/mol. The second kappa shape index (κ2) is 7.30. The summed E-state index contributed by atoms with van der Waals surface area (Å²) < 4.78 is 0. The highest BCUT2D eigenvalue weighted by Crippen LogP contribution is 2.29. The third kappa shape index (κ3) is 3.51. The SMILES string of the molecule is O=C(NCCO)Nc1ccc2nc(-c3ccc[nH]3)c(-c3ccc[nH]3)nc2c1. The van der Waals surface area contributed by atoms with Crippen molar-refractivity contribution < 1.29 is 9.90 Å². The van der Waals surface area contributed by atoms with E-state index in [2.05, 4.69) is 20.6 Å². The lowest BCUT2D eigenvalue weighted by Crippen LogP contribution is -2.30. The third-order valence-corrected chi connectivity index (χ3v) is 4.03. The highest BCUT2D eigenvalue weighted by atomic mass is 16.3. The molecule has 1 aromatic carbocycles. The maximum absolute atomic E-state index is 11.8. The van der Waals surface area contributed by atoms with E-state index in [-0.39, 0.29) is 19.2 Å². The first kappa shape index (κ1) is 16.8. The van der Waals surface area contributed by atoms with Gasteiger partial charge >= 0.3 is 6.03 Å². The smallest absolute Gasteiger partial charge is 0.319 e. The summed E-state index contributed by atoms with van der Waals surface area (Å²) in [4.78, 5) is 27.7. The summed E-state index contributed by atoms with van der Waals surface area (Å²) in [6.07, 6.45) is 3.68. The fraction of sp³-hybridized carbons (Fsp3) is 0.105. The Morgan fingerprint density at radius 2 is 1.63 bits per heavy atom. The van der Waals surface area contributed by atoms with E-state index in [1.165, 1.54) is 0 Å². The molecule has 3 heterocycles. The number of amides is 2. The summed E-state index contributed by atoms with van der Waals surface area (Å²) in [5.74, 6) is 0. The molecule has 0 fully saturated rings. The second-order valence-corrected chi connectivity index (χ2v) is 5.90. The van der Waals surface area contributed by atoms with Gasteiger partial charge in [-0.3, -0.25) is 0 Å². The van der Waals surface area contributed by atoms with Crippen molar-refractivity contribution in [3.05, 3.63) is 54.9 Å². The minimum absolute atomic E-state index is 0.113. The Hall–Kier alpha value is -3.65. The monoisotopic (exact) mass is 362 g/mol. The van der Waals surface area contributed by atoms with Gasteiger partial charge in [0.25, 0.3) is 0 Å². The van der Waals surface area contributed by atoms with Crippen molar-refractivity contribution in [2.45, 2.75) is 0 Å². The maximum Gasteiger partial charge on any atom is 0.319 e. The topological polar surface area (TPSA) is 119 Å². The number of aromatic nitrogens is 4. The van der Waals surface area contributed by atoms with Gasteiger partial charge in [0.1, 0.15) is 11.4 Å². The number of carbonyl (C=O) groups is 1. The number of H-pyrrole nitrogens is 2. The number of rotatable bonds is 5. The van der Waals surface area contributed by atoms with E-state index >= 15 is 0 Å². The predicted octanol–water partition coefficient (Wildman–Crippen LogP) is 2.73. The normalized spacial score (nSPS) is 10.9. The van der Waals surface area contributed by atoms with E-state index in [1.54, 1.807) is 12.1 Å². The number of fused-ring (bicyclic) bond motifs is 1. The molecule has 0 saturated carbocycles. The lowest BCUT2D eigenvalue weighted by atomic mass is 10.1. The van der Waals surface area contributed by atoms with Gasteiger partial charge in [-0.05, 0) is 42.5 Å². The van der Waals surface area contributed by atoms with Crippen LogP contribution in [0.1, 0.15) is 0 Å². The number of aromatic amines is 2. The van der Waals surface area contributed by atoms with E-state index in [4.69, 9.17) is 15.1 Å². The number of aliphatic hydroxyl groups is 1. The number of benzene rings is 1. The number of aliphatic hydroxyl groups excluding tert-OH is 1. The van der Waals surface area contributed by atoms with Crippen LogP contribution in [0.5, 0.6) is 0 Å². The molecule has 2 amide bonds. The molecule has 4 rings (SSSR count). The molecular weight excluding hydrogens is 344 g/mol. The zero-order chi connectivity index (χ0) is 18.6. The van der Waals surface area contributed by atoms with Crippen LogP contribution < -0.4 is 10.6 Å². The van der Waals surface area contributed by atoms with Crippen molar-refractivity contribution in [2.75, 3.05) is 18.5 Å². The first-order valence-corrected chi connectivity index (χ1v) is 8.49. The van der Waals surface area contributed by atoms with Crippen LogP contribution in [-0.4, -0.2) is 44.2 Å². The van der Waals surface area contributed by atoms with E-state index in [9.17, 15) is 4.79 Å². The van der Waals surface area contributed by atoms with Crippen LogP contribution in [-0.2, 0) is 0 Å². The van der Waals surface area contributed by atoms with Crippen molar-refractivity contribution in [3.63, 3.8) is 0 Å². The fourth-order valence-corrected chi connectivity index (χ4v) is 2.81. The Bertz CT molecular complexity index is 1060. The molecule has 0 spiro atoms. The summed E-state index contributed by atoms with van der Waals surface area (Å²) in [6, 6.07) is 12.7. The van der Waals surface area contributed by atoms with E-state index in [0.717, 1.165) is 28.3 Å². The molecule has 4 aromatic rings. The van der Waals surface area contributed by atoms with Gasteiger partial charge in [0.2, 0.25) is 0 Å². The molecule has 0 aliphatic rings. The zero-order valence-electron chi connectivity index (χ0n) is 14.4. The molecule has 0 aliphatic carbocycles. The summed E-state index contributed by atoms with van der Waals surface area (Å²) in [7, 11) is 0. The number of urea groups is 1. The lowest BCUT2D eigenvalue weighted by molar-refractivity contribution is 0.245. The quantitative estimate of drug-likeness (QED) is 0.375. The van der Waals surface area contributed by atoms with Crippen molar-refractivity contribution in [1.29, 1.82) is 0 Å². The Balaban J connectivity index is 1.76. The Kier molecular flexibility index (Phi) is 4.54. The molecule has 3 aromatic heterocycles. The average Bonchev–Trinajstić information content (AvgIpc) is 3.39. The molecule has 0 saturated heterocycles. The molecule has 0 aliphatic heterocycles. The van der Waals surface area contributed by atoms with Gasteiger partial charge in [-0.15, -0.1) is 0 Å². The molecule has 27 heavy (non-hydrogen) atoms. The van der Waals surface area contributed by atoms with Crippen molar-refractivity contribution in [1.82, 2.24) is 25.3 Å². The van der Waals surface area contributed by atoms with E-state index in [0.29, 0.717) is 11.2 Å². The first-order valence-electron chi connectivity index (χ1n) is 8.49. The molecule has 0 bridgehead atoms. The first-order chi connectivity index (χ1) is 13.2. The van der Waals surface area contributed by atoms with Crippen LogP contribution in [0, 0.1) is 0 Å². The maximum atomic E-state index is 11.8.